The monoisotopic (exact) mass is 576 g/mol. The number of nitrogens with one attached hydrogen (secondary N) is 2. The first-order valence-corrected chi connectivity index (χ1v) is 16.4. The van der Waals surface area contributed by atoms with Gasteiger partial charge >= 0.3 is 0 Å². The molecule has 4 aromatic rings. The number of benzene rings is 2. The summed E-state index contributed by atoms with van der Waals surface area (Å²) in [6, 6.07) is 18.2. The topological polar surface area (TPSA) is 61.0 Å². The fraction of sp³-hybridized carbons (Fsp3) is 0.474. The van der Waals surface area contributed by atoms with Crippen molar-refractivity contribution in [1.29, 1.82) is 0 Å². The molecule has 1 aliphatic heterocycles. The van der Waals surface area contributed by atoms with E-state index in [9.17, 15) is 4.79 Å². The highest BCUT2D eigenvalue weighted by Gasteiger charge is 2.45. The molecule has 0 unspecified atom stereocenters. The van der Waals surface area contributed by atoms with Gasteiger partial charge in [-0.05, 0) is 143 Å². The average molecular weight is 577 g/mol. The Morgan fingerprint density at radius 2 is 1.81 bits per heavy atom. The van der Waals surface area contributed by atoms with Crippen molar-refractivity contribution in [3.8, 4) is 11.3 Å². The minimum Gasteiger partial charge on any atom is -0.354 e. The van der Waals surface area contributed by atoms with Gasteiger partial charge in [-0.15, -0.1) is 0 Å². The number of carbonyl (C=O) groups excluding carboxylic acids is 1. The predicted octanol–water partition coefficient (Wildman–Crippen LogP) is 7.85. The first-order valence-electron chi connectivity index (χ1n) is 16.4. The maximum absolute atomic E-state index is 13.9. The number of fused-ring (bicyclic) bond motifs is 3. The number of nitrogens with zero attached hydrogens (tertiary/aromatic N) is 2. The van der Waals surface area contributed by atoms with Gasteiger partial charge in [-0.3, -0.25) is 9.78 Å². The van der Waals surface area contributed by atoms with Gasteiger partial charge in [0.05, 0.1) is 11.1 Å². The first kappa shape index (κ1) is 29.6. The number of hydrogen-bond donors (Lipinski definition) is 2. The van der Waals surface area contributed by atoms with Crippen LogP contribution in [-0.2, 0) is 16.6 Å². The first-order chi connectivity index (χ1) is 20.7. The third-order valence-corrected chi connectivity index (χ3v) is 10.0. The number of unbranched alkanes of at least 4 members (excludes halogenated alkanes) is 1. The van der Waals surface area contributed by atoms with E-state index in [2.05, 4.69) is 103 Å². The number of H-pyrrole nitrogens is 1. The minimum absolute atomic E-state index is 0.284. The van der Waals surface area contributed by atoms with Gasteiger partial charge < -0.3 is 15.2 Å². The second-order valence-corrected chi connectivity index (χ2v) is 13.9. The molecule has 3 atom stereocenters. The van der Waals surface area contributed by atoms with Crippen molar-refractivity contribution in [2.24, 2.45) is 5.92 Å². The fourth-order valence-corrected chi connectivity index (χ4v) is 7.67. The van der Waals surface area contributed by atoms with Crippen molar-refractivity contribution >= 4 is 16.8 Å². The number of aromatic nitrogens is 2. The Kier molecular flexibility index (Phi) is 8.46. The Morgan fingerprint density at radius 1 is 1.05 bits per heavy atom. The Balaban J connectivity index is 1.25. The van der Waals surface area contributed by atoms with E-state index in [0.29, 0.717) is 17.9 Å². The number of pyridine rings is 1. The van der Waals surface area contributed by atoms with Gasteiger partial charge in [0.15, 0.2) is 0 Å². The number of carbonyl (C=O) groups is 1. The highest BCUT2D eigenvalue weighted by atomic mass is 16.2. The quantitative estimate of drug-likeness (QED) is 0.179. The molecular weight excluding hydrogens is 528 g/mol. The van der Waals surface area contributed by atoms with Crippen LogP contribution >= 0.6 is 0 Å². The second-order valence-electron chi connectivity index (χ2n) is 13.9. The van der Waals surface area contributed by atoms with Crippen LogP contribution in [0.3, 0.4) is 0 Å². The van der Waals surface area contributed by atoms with E-state index in [0.717, 1.165) is 50.0 Å². The van der Waals surface area contributed by atoms with Gasteiger partial charge in [0.2, 0.25) is 5.91 Å². The molecule has 1 aliphatic carbocycles. The molecule has 0 spiro atoms. The molecule has 5 nitrogen and oxygen atoms in total. The highest BCUT2D eigenvalue weighted by molar-refractivity contribution is 5.94. The molecule has 1 amide bonds. The zero-order valence-electron chi connectivity index (χ0n) is 26.7. The molecule has 1 saturated heterocycles. The molecule has 1 saturated carbocycles. The normalized spacial score (nSPS) is 19.0. The van der Waals surface area contributed by atoms with E-state index < -0.39 is 5.41 Å². The number of hydrogen-bond acceptors (Lipinski definition) is 3. The van der Waals surface area contributed by atoms with Crippen molar-refractivity contribution in [3.63, 3.8) is 0 Å². The Hall–Kier alpha value is -3.44. The standard InChI is InChI=1S/C38H48N4O/c1-25-18-26(2)20-30(19-25)36-35(27(3)23-40-15-7-6-8-28-13-16-39-17-14-28)33-22-31(10-12-34(33)41-36)38(4,5)37(43)42-24-29-9-11-32(42)21-29/h10,12-14,16-20,22,27,29,32,40-41H,6-9,11,15,21,23-24H2,1-5H3/t27-,29+,32-/m1/s1. The van der Waals surface area contributed by atoms with Crippen LogP contribution in [-0.4, -0.2) is 46.5 Å². The SMILES string of the molecule is Cc1cc(C)cc(-c2[nH]c3ccc(C(C)(C)C(=O)N4C[C@H]5CC[C@@H]4C5)cc3c2[C@H](C)CNCCCCc2ccncc2)c1. The van der Waals surface area contributed by atoms with Crippen LogP contribution in [0.1, 0.15) is 86.6 Å². The van der Waals surface area contributed by atoms with E-state index in [1.54, 1.807) is 0 Å². The van der Waals surface area contributed by atoms with E-state index >= 15 is 0 Å². The van der Waals surface area contributed by atoms with E-state index in [1.165, 1.54) is 58.2 Å². The summed E-state index contributed by atoms with van der Waals surface area (Å²) in [6.07, 6.45) is 10.8. The molecular formula is C38H48N4O. The predicted molar refractivity (Wildman–Crippen MR) is 178 cm³/mol. The number of likely N-dealkylation sites (tertiary alicyclic amines) is 1. The van der Waals surface area contributed by atoms with Crippen LogP contribution in [0, 0.1) is 19.8 Å². The van der Waals surface area contributed by atoms with E-state index in [4.69, 9.17) is 0 Å². The summed E-state index contributed by atoms with van der Waals surface area (Å²) in [5.74, 6) is 1.29. The van der Waals surface area contributed by atoms with Crippen LogP contribution in [0.5, 0.6) is 0 Å². The van der Waals surface area contributed by atoms with Crippen LogP contribution in [0.4, 0.5) is 0 Å². The molecule has 2 aliphatic rings. The van der Waals surface area contributed by atoms with Gasteiger partial charge in [-0.1, -0.05) is 30.2 Å². The Labute approximate surface area is 257 Å². The molecule has 2 aromatic heterocycles. The molecule has 6 rings (SSSR count). The van der Waals surface area contributed by atoms with Crippen molar-refractivity contribution < 1.29 is 4.79 Å². The number of aryl methyl sites for hydroxylation is 3. The van der Waals surface area contributed by atoms with Crippen LogP contribution in [0.15, 0.2) is 60.9 Å². The lowest BCUT2D eigenvalue weighted by molar-refractivity contribution is -0.138. The third kappa shape index (κ3) is 6.15. The summed E-state index contributed by atoms with van der Waals surface area (Å²) in [6.45, 7) is 13.8. The summed E-state index contributed by atoms with van der Waals surface area (Å²) in [5.41, 5.74) is 9.36. The summed E-state index contributed by atoms with van der Waals surface area (Å²) < 4.78 is 0. The van der Waals surface area contributed by atoms with Crippen LogP contribution < -0.4 is 5.32 Å². The molecule has 2 fully saturated rings. The van der Waals surface area contributed by atoms with Gasteiger partial charge in [0.1, 0.15) is 0 Å². The Bertz CT molecular complexity index is 1570. The number of piperidine rings is 1. The van der Waals surface area contributed by atoms with Gasteiger partial charge in [-0.2, -0.15) is 0 Å². The zero-order valence-corrected chi connectivity index (χ0v) is 26.7. The van der Waals surface area contributed by atoms with E-state index in [-0.39, 0.29) is 5.91 Å². The number of aromatic amines is 1. The van der Waals surface area contributed by atoms with E-state index in [1.807, 2.05) is 12.4 Å². The fourth-order valence-electron chi connectivity index (χ4n) is 7.67. The largest absolute Gasteiger partial charge is 0.354 e. The summed E-state index contributed by atoms with van der Waals surface area (Å²) >= 11 is 0. The minimum atomic E-state index is -0.566. The molecule has 43 heavy (non-hydrogen) atoms. The summed E-state index contributed by atoms with van der Waals surface area (Å²) in [4.78, 5) is 24.1. The lowest BCUT2D eigenvalue weighted by Gasteiger charge is -2.35. The molecule has 2 bridgehead atoms. The average Bonchev–Trinajstić information content (AvgIpc) is 3.73. The van der Waals surface area contributed by atoms with Crippen molar-refractivity contribution in [2.45, 2.75) is 90.5 Å². The molecule has 2 N–H and O–H groups in total. The summed E-state index contributed by atoms with van der Waals surface area (Å²) in [7, 11) is 0. The van der Waals surface area contributed by atoms with Crippen LogP contribution in [0.2, 0.25) is 0 Å². The van der Waals surface area contributed by atoms with Crippen LogP contribution in [0.25, 0.3) is 22.2 Å². The maximum Gasteiger partial charge on any atom is 0.232 e. The lowest BCUT2D eigenvalue weighted by Crippen LogP contribution is -2.47. The molecule has 2 aromatic carbocycles. The van der Waals surface area contributed by atoms with Crippen molar-refractivity contribution in [1.82, 2.24) is 20.2 Å². The molecule has 226 valence electrons. The second kappa shape index (κ2) is 12.3. The lowest BCUT2D eigenvalue weighted by atomic mass is 9.81. The van der Waals surface area contributed by atoms with Gasteiger partial charge in [0, 0.05) is 42.4 Å². The zero-order chi connectivity index (χ0) is 30.1. The highest BCUT2D eigenvalue weighted by Crippen LogP contribution is 2.42. The number of rotatable bonds is 11. The smallest absolute Gasteiger partial charge is 0.232 e. The Morgan fingerprint density at radius 3 is 2.51 bits per heavy atom. The van der Waals surface area contributed by atoms with Crippen molar-refractivity contribution in [3.05, 3.63) is 88.7 Å². The number of amides is 1. The molecule has 5 heteroatoms. The maximum atomic E-state index is 13.9. The molecule has 3 heterocycles. The molecule has 0 radical (unpaired) electrons. The summed E-state index contributed by atoms with van der Waals surface area (Å²) in [5, 5.41) is 4.99. The van der Waals surface area contributed by atoms with Crippen molar-refractivity contribution in [2.75, 3.05) is 19.6 Å². The van der Waals surface area contributed by atoms with Gasteiger partial charge in [0.25, 0.3) is 0 Å². The van der Waals surface area contributed by atoms with Gasteiger partial charge in [-0.25, -0.2) is 0 Å². The third-order valence-electron chi connectivity index (χ3n) is 10.0.